The summed E-state index contributed by atoms with van der Waals surface area (Å²) >= 11 is 0. The number of phenolic OH excluding ortho intramolecular Hbond substituents is 2. The van der Waals surface area contributed by atoms with Gasteiger partial charge in [-0.25, -0.2) is 9.59 Å². The molecule has 0 amide bonds. The van der Waals surface area contributed by atoms with Crippen LogP contribution in [0.3, 0.4) is 0 Å². The number of carboxylic acids is 3. The van der Waals surface area contributed by atoms with E-state index in [1.54, 1.807) is 0 Å². The Balaban J connectivity index is 2.70. The topological polar surface area (TPSA) is 152 Å². The zero-order valence-corrected chi connectivity index (χ0v) is 12.0. The maximum absolute atomic E-state index is 11.7. The molecule has 0 aliphatic rings. The molecule has 0 aliphatic heterocycles. The first-order chi connectivity index (χ1) is 11.2. The van der Waals surface area contributed by atoms with Crippen molar-refractivity contribution in [3.63, 3.8) is 0 Å². The fourth-order valence-corrected chi connectivity index (χ4v) is 2.27. The Hall–Kier alpha value is -3.55. The summed E-state index contributed by atoms with van der Waals surface area (Å²) < 4.78 is 0. The van der Waals surface area contributed by atoms with E-state index in [0.717, 1.165) is 36.4 Å². The molecule has 0 aromatic heterocycles. The van der Waals surface area contributed by atoms with Gasteiger partial charge in [0.25, 0.3) is 0 Å². The average molecular weight is 332 g/mol. The fourth-order valence-electron chi connectivity index (χ4n) is 2.27. The van der Waals surface area contributed by atoms with Crippen molar-refractivity contribution < 1.29 is 39.9 Å². The normalized spacial score (nSPS) is 10.5. The highest BCUT2D eigenvalue weighted by Crippen LogP contribution is 2.37. The van der Waals surface area contributed by atoms with Crippen LogP contribution in [0, 0.1) is 0 Å². The van der Waals surface area contributed by atoms with Gasteiger partial charge < -0.3 is 25.5 Å². The van der Waals surface area contributed by atoms with Crippen LogP contribution in [0.15, 0.2) is 36.4 Å². The van der Waals surface area contributed by atoms with Gasteiger partial charge in [-0.2, -0.15) is 0 Å². The summed E-state index contributed by atoms with van der Waals surface area (Å²) in [4.78, 5) is 33.7. The van der Waals surface area contributed by atoms with E-state index in [1.165, 1.54) is 0 Å². The number of rotatable bonds is 5. The molecular formula is C16H12O8. The predicted molar refractivity (Wildman–Crippen MR) is 79.6 cm³/mol. The Kier molecular flexibility index (Phi) is 4.41. The van der Waals surface area contributed by atoms with Gasteiger partial charge in [-0.1, -0.05) is 0 Å². The monoisotopic (exact) mass is 332 g/mol. The molecule has 0 saturated carbocycles. The van der Waals surface area contributed by atoms with Crippen LogP contribution in [0.1, 0.15) is 37.8 Å². The Bertz CT molecular complexity index is 776. The van der Waals surface area contributed by atoms with E-state index in [2.05, 4.69) is 0 Å². The van der Waals surface area contributed by atoms with E-state index >= 15 is 0 Å². The second-order valence-electron chi connectivity index (χ2n) is 4.93. The molecule has 2 aromatic carbocycles. The van der Waals surface area contributed by atoms with Gasteiger partial charge in [-0.15, -0.1) is 0 Å². The summed E-state index contributed by atoms with van der Waals surface area (Å²) in [5.41, 5.74) is -1.08. The van der Waals surface area contributed by atoms with E-state index in [4.69, 9.17) is 10.2 Å². The SMILES string of the molecule is O=C(O)c1ccc(O)c(C(C(=O)O)c2cc(C(=O)O)ccc2O)c1. The van der Waals surface area contributed by atoms with Gasteiger partial charge >= 0.3 is 17.9 Å². The van der Waals surface area contributed by atoms with Crippen molar-refractivity contribution >= 4 is 17.9 Å². The first-order valence-electron chi connectivity index (χ1n) is 6.57. The number of aromatic hydroxyl groups is 2. The molecule has 0 heterocycles. The first kappa shape index (κ1) is 16.8. The summed E-state index contributed by atoms with van der Waals surface area (Å²) in [5, 5.41) is 47.3. The summed E-state index contributed by atoms with van der Waals surface area (Å²) in [5.74, 6) is -6.79. The number of carboxylic acid groups (broad SMARTS) is 3. The molecular weight excluding hydrogens is 320 g/mol. The van der Waals surface area contributed by atoms with Gasteiger partial charge in [0, 0.05) is 11.1 Å². The molecule has 0 radical (unpaired) electrons. The second-order valence-corrected chi connectivity index (χ2v) is 4.93. The lowest BCUT2D eigenvalue weighted by Crippen LogP contribution is -2.15. The lowest BCUT2D eigenvalue weighted by molar-refractivity contribution is -0.137. The molecule has 2 aromatic rings. The zero-order chi connectivity index (χ0) is 18.0. The Morgan fingerprint density at radius 1 is 0.708 bits per heavy atom. The lowest BCUT2D eigenvalue weighted by atomic mass is 9.88. The predicted octanol–water partition coefficient (Wildman–Crippen LogP) is 1.71. The quantitative estimate of drug-likeness (QED) is 0.554. The average Bonchev–Trinajstić information content (AvgIpc) is 2.50. The molecule has 2 rings (SSSR count). The van der Waals surface area contributed by atoms with E-state index in [-0.39, 0.29) is 22.3 Å². The highest BCUT2D eigenvalue weighted by molar-refractivity contribution is 5.91. The molecule has 0 fully saturated rings. The van der Waals surface area contributed by atoms with Gasteiger partial charge in [-0.05, 0) is 36.4 Å². The third-order valence-electron chi connectivity index (χ3n) is 3.42. The van der Waals surface area contributed by atoms with E-state index < -0.39 is 35.3 Å². The highest BCUT2D eigenvalue weighted by Gasteiger charge is 2.29. The molecule has 124 valence electrons. The minimum absolute atomic E-state index is 0.261. The number of aliphatic carboxylic acids is 1. The van der Waals surface area contributed by atoms with Crippen LogP contribution in [0.4, 0.5) is 0 Å². The molecule has 5 N–H and O–H groups in total. The smallest absolute Gasteiger partial charge is 0.335 e. The highest BCUT2D eigenvalue weighted by atomic mass is 16.4. The van der Waals surface area contributed by atoms with Gasteiger partial charge in [0.15, 0.2) is 0 Å². The third kappa shape index (κ3) is 3.12. The third-order valence-corrected chi connectivity index (χ3v) is 3.42. The van der Waals surface area contributed by atoms with Crippen LogP contribution in [0.25, 0.3) is 0 Å². The maximum atomic E-state index is 11.7. The Morgan fingerprint density at radius 3 is 1.38 bits per heavy atom. The van der Waals surface area contributed by atoms with Crippen molar-refractivity contribution in [2.45, 2.75) is 5.92 Å². The van der Waals surface area contributed by atoms with Gasteiger partial charge in [0.05, 0.1) is 11.1 Å². The summed E-state index contributed by atoms with van der Waals surface area (Å²) in [7, 11) is 0. The van der Waals surface area contributed by atoms with Crippen molar-refractivity contribution in [2.24, 2.45) is 0 Å². The van der Waals surface area contributed by atoms with Gasteiger partial charge in [0.1, 0.15) is 17.4 Å². The minimum atomic E-state index is -1.65. The van der Waals surface area contributed by atoms with E-state index in [0.29, 0.717) is 0 Å². The van der Waals surface area contributed by atoms with Gasteiger partial charge in [0.2, 0.25) is 0 Å². The van der Waals surface area contributed by atoms with Crippen LogP contribution in [0.5, 0.6) is 11.5 Å². The molecule has 0 bridgehead atoms. The summed E-state index contributed by atoms with van der Waals surface area (Å²) in [6, 6.07) is 6.15. The number of aromatic carboxylic acids is 2. The van der Waals surface area contributed by atoms with Crippen LogP contribution in [0.2, 0.25) is 0 Å². The molecule has 8 heteroatoms. The van der Waals surface area contributed by atoms with Crippen molar-refractivity contribution in [1.29, 1.82) is 0 Å². The van der Waals surface area contributed by atoms with Crippen LogP contribution < -0.4 is 0 Å². The summed E-state index contributed by atoms with van der Waals surface area (Å²) in [6.45, 7) is 0. The largest absolute Gasteiger partial charge is 0.508 e. The van der Waals surface area contributed by atoms with Crippen LogP contribution >= 0.6 is 0 Å². The molecule has 0 spiro atoms. The number of hydrogen-bond donors (Lipinski definition) is 5. The first-order valence-corrected chi connectivity index (χ1v) is 6.57. The molecule has 24 heavy (non-hydrogen) atoms. The summed E-state index contributed by atoms with van der Waals surface area (Å²) in [6.07, 6.45) is 0. The number of carbonyl (C=O) groups is 3. The Morgan fingerprint density at radius 2 is 1.08 bits per heavy atom. The van der Waals surface area contributed by atoms with E-state index in [1.807, 2.05) is 0 Å². The Labute approximate surface area is 134 Å². The molecule has 8 nitrogen and oxygen atoms in total. The second kappa shape index (κ2) is 6.29. The van der Waals surface area contributed by atoms with Crippen LogP contribution in [-0.2, 0) is 4.79 Å². The van der Waals surface area contributed by atoms with Crippen LogP contribution in [-0.4, -0.2) is 43.4 Å². The zero-order valence-electron chi connectivity index (χ0n) is 12.0. The lowest BCUT2D eigenvalue weighted by Gasteiger charge is -2.17. The molecule has 0 atom stereocenters. The van der Waals surface area contributed by atoms with Crippen molar-refractivity contribution in [2.75, 3.05) is 0 Å². The molecule has 0 unspecified atom stereocenters. The van der Waals surface area contributed by atoms with Crippen molar-refractivity contribution in [3.05, 3.63) is 58.7 Å². The van der Waals surface area contributed by atoms with Crippen molar-refractivity contribution in [1.82, 2.24) is 0 Å². The standard InChI is InChI=1S/C16H12O8/c17-11-3-1-7(14(19)20)5-9(11)13(16(23)24)10-6-8(15(21)22)2-4-12(10)18/h1-6,13,17-18H,(H,19,20)(H,21,22)(H,23,24). The van der Waals surface area contributed by atoms with Gasteiger partial charge in [-0.3, -0.25) is 4.79 Å². The molecule has 0 saturated heterocycles. The van der Waals surface area contributed by atoms with E-state index in [9.17, 15) is 29.7 Å². The number of benzene rings is 2. The maximum Gasteiger partial charge on any atom is 0.335 e. The number of phenols is 2. The van der Waals surface area contributed by atoms with Crippen molar-refractivity contribution in [3.8, 4) is 11.5 Å². The minimum Gasteiger partial charge on any atom is -0.508 e. The number of hydrogen-bond acceptors (Lipinski definition) is 5. The molecule has 0 aliphatic carbocycles. The fraction of sp³-hybridized carbons (Fsp3) is 0.0625.